The van der Waals surface area contributed by atoms with Crippen LogP contribution in [0.1, 0.15) is 33.6 Å². The predicted molar refractivity (Wildman–Crippen MR) is 59.3 cm³/mol. The summed E-state index contributed by atoms with van der Waals surface area (Å²) in [4.78, 5) is 35.7. The lowest BCUT2D eigenvalue weighted by Gasteiger charge is -2.31. The van der Waals surface area contributed by atoms with Crippen LogP contribution in [0.15, 0.2) is 18.2 Å². The number of nitrogens with zero attached hydrogens (tertiary/aromatic N) is 1. The third-order valence-corrected chi connectivity index (χ3v) is 3.13. The van der Waals surface area contributed by atoms with Gasteiger partial charge in [-0.15, -0.1) is 0 Å². The van der Waals surface area contributed by atoms with Gasteiger partial charge in [-0.05, 0) is 18.2 Å². The van der Waals surface area contributed by atoms with E-state index < -0.39 is 18.2 Å². The van der Waals surface area contributed by atoms with Crippen molar-refractivity contribution in [3.63, 3.8) is 0 Å². The molecule has 1 fully saturated rings. The highest BCUT2D eigenvalue weighted by atomic mass is 16.6. The molecule has 0 unspecified atom stereocenters. The number of hydrogen-bond acceptors (Lipinski definition) is 4. The molecule has 0 aromatic heterocycles. The van der Waals surface area contributed by atoms with E-state index in [1.807, 2.05) is 0 Å². The van der Waals surface area contributed by atoms with Gasteiger partial charge in [0.05, 0.1) is 16.8 Å². The molecule has 1 saturated heterocycles. The summed E-state index contributed by atoms with van der Waals surface area (Å²) in [7, 11) is 0. The van der Waals surface area contributed by atoms with Gasteiger partial charge in [-0.2, -0.15) is 0 Å². The normalized spacial score (nSPS) is 21.3. The van der Waals surface area contributed by atoms with Crippen molar-refractivity contribution in [3.8, 4) is 0 Å². The highest BCUT2D eigenvalue weighted by Crippen LogP contribution is 2.35. The van der Waals surface area contributed by atoms with Gasteiger partial charge in [-0.1, -0.05) is 0 Å². The van der Waals surface area contributed by atoms with E-state index in [0.29, 0.717) is 18.5 Å². The van der Waals surface area contributed by atoms with E-state index >= 15 is 0 Å². The maximum absolute atomic E-state index is 11.7. The third kappa shape index (κ3) is 1.38. The van der Waals surface area contributed by atoms with Crippen LogP contribution >= 0.6 is 0 Å². The van der Waals surface area contributed by atoms with E-state index in [2.05, 4.69) is 0 Å². The lowest BCUT2D eigenvalue weighted by atomic mass is 10.1. The molecule has 0 bridgehead atoms. The Hall–Kier alpha value is -2.37. The number of carbonyl (C=O) groups is 3. The Kier molecular flexibility index (Phi) is 2.13. The quantitative estimate of drug-likeness (QED) is 0.748. The second-order valence-corrected chi connectivity index (χ2v) is 4.20. The zero-order chi connectivity index (χ0) is 12.9. The van der Waals surface area contributed by atoms with Crippen LogP contribution in [-0.4, -0.2) is 29.2 Å². The van der Waals surface area contributed by atoms with Gasteiger partial charge < -0.3 is 9.84 Å². The van der Waals surface area contributed by atoms with E-state index in [9.17, 15) is 14.4 Å². The molecule has 2 aliphatic heterocycles. The van der Waals surface area contributed by atoms with Gasteiger partial charge in [0.25, 0.3) is 0 Å². The summed E-state index contributed by atoms with van der Waals surface area (Å²) in [5, 5.41) is 8.94. The number of ether oxygens (including phenoxy) is 1. The first kappa shape index (κ1) is 10.8. The minimum atomic E-state index is -1.10. The van der Waals surface area contributed by atoms with Gasteiger partial charge in [0, 0.05) is 12.8 Å². The first-order chi connectivity index (χ1) is 8.58. The highest BCUT2D eigenvalue weighted by molar-refractivity contribution is 6.07. The lowest BCUT2D eigenvalue weighted by Crippen LogP contribution is -2.41. The molecule has 0 saturated carbocycles. The molecule has 3 rings (SSSR count). The summed E-state index contributed by atoms with van der Waals surface area (Å²) in [5.41, 5.74) is 0.604. The molecule has 2 aliphatic rings. The van der Waals surface area contributed by atoms with Gasteiger partial charge in [0.15, 0.2) is 6.23 Å². The molecule has 6 heteroatoms. The molecular formula is C12H9NO5. The van der Waals surface area contributed by atoms with Crippen molar-refractivity contribution < 1.29 is 24.2 Å². The van der Waals surface area contributed by atoms with Crippen LogP contribution in [0, 0.1) is 0 Å². The lowest BCUT2D eigenvalue weighted by molar-refractivity contribution is -0.117. The number of esters is 1. The SMILES string of the molecule is O=C(O)c1ccc2c(c1)N1C(=O)CC[C@@H]1OC2=O. The molecule has 1 amide bonds. The Morgan fingerprint density at radius 3 is 2.89 bits per heavy atom. The number of carboxylic acid groups (broad SMARTS) is 1. The highest BCUT2D eigenvalue weighted by Gasteiger charge is 2.41. The number of anilines is 1. The molecule has 0 aliphatic carbocycles. The second kappa shape index (κ2) is 3.56. The molecule has 1 N–H and O–H groups in total. The summed E-state index contributed by atoms with van der Waals surface area (Å²) in [6.07, 6.45) is 0.150. The Morgan fingerprint density at radius 1 is 1.39 bits per heavy atom. The predicted octanol–water partition coefficient (Wildman–Crippen LogP) is 1.01. The summed E-state index contributed by atoms with van der Waals surface area (Å²) < 4.78 is 5.13. The fourth-order valence-electron chi connectivity index (χ4n) is 2.28. The van der Waals surface area contributed by atoms with E-state index in [1.54, 1.807) is 0 Å². The number of rotatable bonds is 1. The van der Waals surface area contributed by atoms with Crippen molar-refractivity contribution in [1.29, 1.82) is 0 Å². The maximum atomic E-state index is 11.7. The fourth-order valence-corrected chi connectivity index (χ4v) is 2.28. The second-order valence-electron chi connectivity index (χ2n) is 4.20. The Labute approximate surface area is 102 Å². The number of benzene rings is 1. The van der Waals surface area contributed by atoms with Gasteiger partial charge in [0.2, 0.25) is 5.91 Å². The number of carboxylic acids is 1. The third-order valence-electron chi connectivity index (χ3n) is 3.13. The van der Waals surface area contributed by atoms with Crippen LogP contribution in [0.3, 0.4) is 0 Å². The van der Waals surface area contributed by atoms with E-state index in [4.69, 9.17) is 9.84 Å². The average molecular weight is 247 g/mol. The van der Waals surface area contributed by atoms with Crippen molar-refractivity contribution >= 4 is 23.5 Å². The minimum Gasteiger partial charge on any atom is -0.478 e. The first-order valence-corrected chi connectivity index (χ1v) is 5.48. The van der Waals surface area contributed by atoms with Crippen LogP contribution in [0.5, 0.6) is 0 Å². The molecule has 1 atom stereocenters. The van der Waals surface area contributed by atoms with Crippen LogP contribution < -0.4 is 4.90 Å². The van der Waals surface area contributed by atoms with E-state index in [-0.39, 0.29) is 17.0 Å². The van der Waals surface area contributed by atoms with Crippen LogP contribution in [0.2, 0.25) is 0 Å². The van der Waals surface area contributed by atoms with Gasteiger partial charge >= 0.3 is 11.9 Å². The monoisotopic (exact) mass is 247 g/mol. The molecule has 1 aromatic rings. The fraction of sp³-hybridized carbons (Fsp3) is 0.250. The van der Waals surface area contributed by atoms with Crippen molar-refractivity contribution in [1.82, 2.24) is 0 Å². The van der Waals surface area contributed by atoms with E-state index in [1.165, 1.54) is 23.1 Å². The summed E-state index contributed by atoms with van der Waals surface area (Å²) in [6, 6.07) is 4.04. The summed E-state index contributed by atoms with van der Waals surface area (Å²) in [6.45, 7) is 0. The Balaban J connectivity index is 2.17. The van der Waals surface area contributed by atoms with Crippen LogP contribution in [0.4, 0.5) is 5.69 Å². The number of fused-ring (bicyclic) bond motifs is 3. The number of hydrogen-bond donors (Lipinski definition) is 1. The molecule has 0 spiro atoms. The molecular weight excluding hydrogens is 238 g/mol. The molecule has 92 valence electrons. The van der Waals surface area contributed by atoms with Crippen molar-refractivity contribution in [3.05, 3.63) is 29.3 Å². The number of carbonyl (C=O) groups excluding carboxylic acids is 2. The maximum Gasteiger partial charge on any atom is 0.342 e. The summed E-state index contributed by atoms with van der Waals surface area (Å²) >= 11 is 0. The largest absolute Gasteiger partial charge is 0.478 e. The molecule has 2 heterocycles. The number of amides is 1. The van der Waals surface area contributed by atoms with E-state index in [0.717, 1.165) is 0 Å². The Morgan fingerprint density at radius 2 is 2.17 bits per heavy atom. The molecule has 18 heavy (non-hydrogen) atoms. The van der Waals surface area contributed by atoms with Gasteiger partial charge in [-0.3, -0.25) is 9.69 Å². The number of aromatic carboxylic acids is 1. The molecule has 1 aromatic carbocycles. The zero-order valence-corrected chi connectivity index (χ0v) is 9.25. The first-order valence-electron chi connectivity index (χ1n) is 5.48. The smallest absolute Gasteiger partial charge is 0.342 e. The Bertz CT molecular complexity index is 580. The van der Waals surface area contributed by atoms with Crippen molar-refractivity contribution in [2.45, 2.75) is 19.1 Å². The molecule has 6 nitrogen and oxygen atoms in total. The van der Waals surface area contributed by atoms with Crippen molar-refractivity contribution in [2.24, 2.45) is 0 Å². The standard InChI is InChI=1S/C12H9NO5/c14-9-3-4-10-13(9)8-5-6(11(15)16)1-2-7(8)12(17)18-10/h1-2,5,10H,3-4H2,(H,15,16)/t10-/m0/s1. The van der Waals surface area contributed by atoms with Crippen molar-refractivity contribution in [2.75, 3.05) is 4.90 Å². The van der Waals surface area contributed by atoms with Crippen LogP contribution in [0.25, 0.3) is 0 Å². The topological polar surface area (TPSA) is 83.9 Å². The van der Waals surface area contributed by atoms with Gasteiger partial charge in [0.1, 0.15) is 0 Å². The van der Waals surface area contributed by atoms with Gasteiger partial charge in [-0.25, -0.2) is 9.59 Å². The minimum absolute atomic E-state index is 0.0434. The summed E-state index contributed by atoms with van der Waals surface area (Å²) in [5.74, 6) is -1.77. The average Bonchev–Trinajstić information content (AvgIpc) is 2.70. The zero-order valence-electron chi connectivity index (χ0n) is 9.25. The van der Waals surface area contributed by atoms with Crippen LogP contribution in [-0.2, 0) is 9.53 Å². The molecule has 0 radical (unpaired) electrons.